The lowest BCUT2D eigenvalue weighted by Crippen LogP contribution is -2.04. The number of hydrogen-bond donors (Lipinski definition) is 0. The Balaban J connectivity index is 2.22. The van der Waals surface area contributed by atoms with Crippen LogP contribution in [0.15, 0.2) is 42.5 Å². The highest BCUT2D eigenvalue weighted by atomic mass is 16.5. The Kier molecular flexibility index (Phi) is 8.90. The van der Waals surface area contributed by atoms with Gasteiger partial charge in [-0.1, -0.05) is 18.2 Å². The van der Waals surface area contributed by atoms with E-state index in [1.807, 2.05) is 24.3 Å². The summed E-state index contributed by atoms with van der Waals surface area (Å²) < 4.78 is 15.1. The van der Waals surface area contributed by atoms with Crippen molar-refractivity contribution in [1.82, 2.24) is 0 Å². The van der Waals surface area contributed by atoms with E-state index in [1.54, 1.807) is 19.1 Å². The Morgan fingerprint density at radius 3 is 2.35 bits per heavy atom. The summed E-state index contributed by atoms with van der Waals surface area (Å²) in [7, 11) is 1.34. The van der Waals surface area contributed by atoms with Crippen LogP contribution in [0, 0.1) is 0 Å². The van der Waals surface area contributed by atoms with E-state index < -0.39 is 0 Å². The lowest BCUT2D eigenvalue weighted by Gasteiger charge is -2.06. The number of methoxy groups -OCH3 is 1. The lowest BCUT2D eigenvalue weighted by molar-refractivity contribution is -0.138. The maximum atomic E-state index is 11.1. The van der Waals surface area contributed by atoms with Gasteiger partial charge in [-0.15, -0.1) is 0 Å². The highest BCUT2D eigenvalue weighted by molar-refractivity contribution is 5.86. The van der Waals surface area contributed by atoms with Crippen LogP contribution < -0.4 is 4.74 Å². The SMILES string of the molecule is C/C=C/C(=O)OCCCCOc1ccc(/C=C/C(=O)OC)cc1. The van der Waals surface area contributed by atoms with E-state index in [9.17, 15) is 9.59 Å². The van der Waals surface area contributed by atoms with E-state index in [0.29, 0.717) is 13.2 Å². The predicted molar refractivity (Wildman–Crippen MR) is 88.0 cm³/mol. The number of allylic oxidation sites excluding steroid dienone is 1. The second-order valence-electron chi connectivity index (χ2n) is 4.65. The van der Waals surface area contributed by atoms with Gasteiger partial charge in [0.25, 0.3) is 0 Å². The van der Waals surface area contributed by atoms with Crippen molar-refractivity contribution in [3.63, 3.8) is 0 Å². The molecule has 0 amide bonds. The molecule has 0 saturated carbocycles. The Morgan fingerprint density at radius 2 is 1.70 bits per heavy atom. The molecule has 0 unspecified atom stereocenters. The van der Waals surface area contributed by atoms with Gasteiger partial charge in [0.05, 0.1) is 20.3 Å². The average molecular weight is 318 g/mol. The molecule has 0 atom stereocenters. The fourth-order valence-corrected chi connectivity index (χ4v) is 1.66. The van der Waals surface area contributed by atoms with Crippen LogP contribution in [0.5, 0.6) is 5.75 Å². The van der Waals surface area contributed by atoms with Gasteiger partial charge in [0, 0.05) is 12.2 Å². The number of carbonyl (C=O) groups is 2. The zero-order valence-corrected chi connectivity index (χ0v) is 13.5. The van der Waals surface area contributed by atoms with Crippen LogP contribution in [-0.2, 0) is 19.1 Å². The standard InChI is InChI=1S/C18H22O5/c1-3-6-18(20)23-14-5-4-13-22-16-10-7-15(8-11-16)9-12-17(19)21-2/h3,6-12H,4-5,13-14H2,1-2H3/b6-3+,12-9+. The predicted octanol–water partition coefficient (Wildman–Crippen LogP) is 3.15. The van der Waals surface area contributed by atoms with Gasteiger partial charge in [-0.05, 0) is 43.5 Å². The number of hydrogen-bond acceptors (Lipinski definition) is 5. The molecule has 0 fully saturated rings. The van der Waals surface area contributed by atoms with Gasteiger partial charge in [0.15, 0.2) is 0 Å². The van der Waals surface area contributed by atoms with Gasteiger partial charge in [0.2, 0.25) is 0 Å². The van der Waals surface area contributed by atoms with Crippen LogP contribution in [0.3, 0.4) is 0 Å². The maximum absolute atomic E-state index is 11.1. The third-order valence-electron chi connectivity index (χ3n) is 2.85. The van der Waals surface area contributed by atoms with E-state index in [1.165, 1.54) is 19.3 Å². The molecule has 0 heterocycles. The number of benzene rings is 1. The van der Waals surface area contributed by atoms with Crippen molar-refractivity contribution in [1.29, 1.82) is 0 Å². The summed E-state index contributed by atoms with van der Waals surface area (Å²) in [6.45, 7) is 2.72. The monoisotopic (exact) mass is 318 g/mol. The van der Waals surface area contributed by atoms with Crippen LogP contribution in [0.2, 0.25) is 0 Å². The molecule has 0 bridgehead atoms. The number of rotatable bonds is 9. The van der Waals surface area contributed by atoms with Crippen molar-refractivity contribution in [2.75, 3.05) is 20.3 Å². The minimum atomic E-state index is -0.388. The normalized spacial score (nSPS) is 10.9. The minimum absolute atomic E-state index is 0.316. The van der Waals surface area contributed by atoms with Gasteiger partial charge in [-0.2, -0.15) is 0 Å². The molecule has 0 saturated heterocycles. The fourth-order valence-electron chi connectivity index (χ4n) is 1.66. The van der Waals surface area contributed by atoms with Crippen molar-refractivity contribution in [3.8, 4) is 5.75 Å². The van der Waals surface area contributed by atoms with E-state index in [0.717, 1.165) is 24.2 Å². The molecule has 0 spiro atoms. The minimum Gasteiger partial charge on any atom is -0.494 e. The summed E-state index contributed by atoms with van der Waals surface area (Å²) in [6, 6.07) is 7.38. The molecule has 0 aliphatic heterocycles. The molecular weight excluding hydrogens is 296 g/mol. The number of unbranched alkanes of at least 4 members (excludes halogenated alkanes) is 1. The maximum Gasteiger partial charge on any atom is 0.330 e. The molecular formula is C18H22O5. The van der Waals surface area contributed by atoms with Crippen LogP contribution in [0.4, 0.5) is 0 Å². The number of ether oxygens (including phenoxy) is 3. The largest absolute Gasteiger partial charge is 0.494 e. The Hall–Kier alpha value is -2.56. The summed E-state index contributed by atoms with van der Waals surface area (Å²) in [5.41, 5.74) is 0.888. The molecule has 0 aliphatic carbocycles. The van der Waals surface area contributed by atoms with Crippen LogP contribution >= 0.6 is 0 Å². The average Bonchev–Trinajstić information content (AvgIpc) is 2.57. The van der Waals surface area contributed by atoms with Crippen molar-refractivity contribution >= 4 is 18.0 Å². The van der Waals surface area contributed by atoms with Crippen LogP contribution in [-0.4, -0.2) is 32.3 Å². The van der Waals surface area contributed by atoms with E-state index in [4.69, 9.17) is 9.47 Å². The van der Waals surface area contributed by atoms with E-state index >= 15 is 0 Å². The topological polar surface area (TPSA) is 61.8 Å². The molecule has 1 aromatic carbocycles. The Labute approximate surface area is 136 Å². The molecule has 1 aromatic rings. The molecule has 23 heavy (non-hydrogen) atoms. The summed E-state index contributed by atoms with van der Waals surface area (Å²) in [4.78, 5) is 22.1. The number of esters is 2. The van der Waals surface area contributed by atoms with Gasteiger partial charge < -0.3 is 14.2 Å². The van der Waals surface area contributed by atoms with Crippen molar-refractivity contribution in [2.45, 2.75) is 19.8 Å². The Bertz CT molecular complexity index is 543. The molecule has 5 heteroatoms. The third-order valence-corrected chi connectivity index (χ3v) is 2.85. The van der Waals surface area contributed by atoms with Gasteiger partial charge in [-0.25, -0.2) is 9.59 Å². The first-order valence-corrected chi connectivity index (χ1v) is 7.44. The van der Waals surface area contributed by atoms with Gasteiger partial charge in [-0.3, -0.25) is 0 Å². The lowest BCUT2D eigenvalue weighted by atomic mass is 10.2. The second-order valence-corrected chi connectivity index (χ2v) is 4.65. The van der Waals surface area contributed by atoms with E-state index in [-0.39, 0.29) is 11.9 Å². The first kappa shape index (κ1) is 18.5. The molecule has 1 rings (SSSR count). The number of carbonyl (C=O) groups excluding carboxylic acids is 2. The highest BCUT2D eigenvalue weighted by Gasteiger charge is 1.98. The van der Waals surface area contributed by atoms with Gasteiger partial charge in [0.1, 0.15) is 5.75 Å². The van der Waals surface area contributed by atoms with Crippen molar-refractivity contribution in [3.05, 3.63) is 48.1 Å². The zero-order valence-electron chi connectivity index (χ0n) is 13.5. The molecule has 0 radical (unpaired) electrons. The zero-order chi connectivity index (χ0) is 16.9. The highest BCUT2D eigenvalue weighted by Crippen LogP contribution is 2.13. The van der Waals surface area contributed by atoms with Gasteiger partial charge >= 0.3 is 11.9 Å². The third kappa shape index (κ3) is 8.46. The quantitative estimate of drug-likeness (QED) is 0.398. The van der Waals surface area contributed by atoms with Crippen molar-refractivity contribution in [2.24, 2.45) is 0 Å². The van der Waals surface area contributed by atoms with Crippen LogP contribution in [0.1, 0.15) is 25.3 Å². The molecule has 0 aliphatic rings. The first-order chi connectivity index (χ1) is 11.2. The smallest absolute Gasteiger partial charge is 0.330 e. The first-order valence-electron chi connectivity index (χ1n) is 7.44. The summed E-state index contributed by atoms with van der Waals surface area (Å²) in [5.74, 6) is 0.0515. The molecule has 5 nitrogen and oxygen atoms in total. The fraction of sp³-hybridized carbons (Fsp3) is 0.333. The Morgan fingerprint density at radius 1 is 1.00 bits per heavy atom. The molecule has 124 valence electrons. The molecule has 0 N–H and O–H groups in total. The molecule has 0 aromatic heterocycles. The van der Waals surface area contributed by atoms with Crippen molar-refractivity contribution < 1.29 is 23.8 Å². The summed E-state index contributed by atoms with van der Waals surface area (Å²) in [5, 5.41) is 0. The van der Waals surface area contributed by atoms with E-state index in [2.05, 4.69) is 4.74 Å². The second kappa shape index (κ2) is 11.1. The summed E-state index contributed by atoms with van der Waals surface area (Å²) in [6.07, 6.45) is 7.64. The van der Waals surface area contributed by atoms with Crippen LogP contribution in [0.25, 0.3) is 6.08 Å². The summed E-state index contributed by atoms with van der Waals surface area (Å²) >= 11 is 0.